The zero-order chi connectivity index (χ0) is 15.7. The molecule has 1 saturated carbocycles. The fraction of sp³-hybridized carbons (Fsp3) is 0.333. The summed E-state index contributed by atoms with van der Waals surface area (Å²) in [6.45, 7) is 1.67. The number of fused-ring (bicyclic) bond motifs is 1. The quantitative estimate of drug-likeness (QED) is 0.758. The molecule has 118 valence electrons. The Hall–Kier alpha value is -2.06. The number of rotatable bonds is 4. The van der Waals surface area contributed by atoms with E-state index in [4.69, 9.17) is 5.73 Å². The van der Waals surface area contributed by atoms with Gasteiger partial charge in [0, 0.05) is 35.6 Å². The molecule has 0 atom stereocenters. The molecule has 1 aliphatic carbocycles. The van der Waals surface area contributed by atoms with E-state index < -0.39 is 0 Å². The van der Waals surface area contributed by atoms with Gasteiger partial charge in [-0.25, -0.2) is 0 Å². The molecule has 2 N–H and O–H groups in total. The van der Waals surface area contributed by atoms with E-state index in [0.717, 1.165) is 13.1 Å². The first-order valence-electron chi connectivity index (χ1n) is 8.65. The van der Waals surface area contributed by atoms with Crippen LogP contribution < -0.4 is 5.73 Å². The van der Waals surface area contributed by atoms with Crippen molar-refractivity contribution < 1.29 is 0 Å². The van der Waals surface area contributed by atoms with Crippen LogP contribution in [-0.2, 0) is 12.0 Å². The van der Waals surface area contributed by atoms with Crippen LogP contribution >= 0.6 is 0 Å². The molecule has 1 aliphatic rings. The highest BCUT2D eigenvalue weighted by atomic mass is 15.0. The van der Waals surface area contributed by atoms with Gasteiger partial charge in [-0.1, -0.05) is 61.4 Å². The number of nitrogens with zero attached hydrogens (tertiary/aromatic N) is 1. The maximum atomic E-state index is 6.24. The first-order valence-corrected chi connectivity index (χ1v) is 8.65. The lowest BCUT2D eigenvalue weighted by Gasteiger charge is -2.27. The lowest BCUT2D eigenvalue weighted by Crippen LogP contribution is -2.31. The third-order valence-electron chi connectivity index (χ3n) is 5.51. The minimum absolute atomic E-state index is 0.182. The van der Waals surface area contributed by atoms with Gasteiger partial charge in [0.2, 0.25) is 0 Å². The molecule has 23 heavy (non-hydrogen) atoms. The molecule has 2 heteroatoms. The number of aromatic nitrogens is 1. The Labute approximate surface area is 137 Å². The first-order chi connectivity index (χ1) is 11.3. The highest BCUT2D eigenvalue weighted by Gasteiger charge is 2.36. The van der Waals surface area contributed by atoms with Crippen LogP contribution in [0.15, 0.2) is 60.8 Å². The summed E-state index contributed by atoms with van der Waals surface area (Å²) in [4.78, 5) is 0. The van der Waals surface area contributed by atoms with Crippen molar-refractivity contribution in [2.75, 3.05) is 6.54 Å². The number of benzene rings is 2. The van der Waals surface area contributed by atoms with Gasteiger partial charge in [-0.3, -0.25) is 0 Å². The second-order valence-corrected chi connectivity index (χ2v) is 6.86. The van der Waals surface area contributed by atoms with Crippen molar-refractivity contribution in [3.05, 3.63) is 71.9 Å². The van der Waals surface area contributed by atoms with Crippen molar-refractivity contribution in [1.29, 1.82) is 0 Å². The van der Waals surface area contributed by atoms with Crippen LogP contribution in [-0.4, -0.2) is 11.1 Å². The molecular weight excluding hydrogens is 280 g/mol. The Morgan fingerprint density at radius 3 is 2.35 bits per heavy atom. The van der Waals surface area contributed by atoms with E-state index in [-0.39, 0.29) is 5.41 Å². The molecule has 0 saturated heterocycles. The third kappa shape index (κ3) is 2.47. The number of hydrogen-bond donors (Lipinski definition) is 1. The van der Waals surface area contributed by atoms with Crippen LogP contribution in [0.5, 0.6) is 0 Å². The van der Waals surface area contributed by atoms with Gasteiger partial charge >= 0.3 is 0 Å². The van der Waals surface area contributed by atoms with Crippen molar-refractivity contribution in [3.8, 4) is 0 Å². The number of para-hydroxylation sites is 1. The number of hydrogen-bond acceptors (Lipinski definition) is 1. The largest absolute Gasteiger partial charge is 0.343 e. The summed E-state index contributed by atoms with van der Waals surface area (Å²) in [5.74, 6) is 0. The van der Waals surface area contributed by atoms with E-state index in [1.54, 1.807) is 0 Å². The standard InChI is InChI=1S/C21H24N2/c22-16-21(12-6-7-13-21)19-15-23(14-17-8-2-1-3-9-17)20-11-5-4-10-18(19)20/h1-5,8-11,15H,6-7,12-14,16,22H2. The molecule has 2 nitrogen and oxygen atoms in total. The fourth-order valence-electron chi connectivity index (χ4n) is 4.22. The topological polar surface area (TPSA) is 30.9 Å². The molecule has 4 rings (SSSR count). The van der Waals surface area contributed by atoms with E-state index in [1.807, 2.05) is 0 Å². The summed E-state index contributed by atoms with van der Waals surface area (Å²) in [6, 6.07) is 19.5. The average molecular weight is 304 g/mol. The van der Waals surface area contributed by atoms with Crippen molar-refractivity contribution in [2.24, 2.45) is 5.73 Å². The average Bonchev–Trinajstić information content (AvgIpc) is 3.22. The fourth-order valence-corrected chi connectivity index (χ4v) is 4.22. The SMILES string of the molecule is NCC1(c2cn(Cc3ccccc3)c3ccccc23)CCCC1. The van der Waals surface area contributed by atoms with Gasteiger partial charge in [0.1, 0.15) is 0 Å². The Bertz CT molecular complexity index is 795. The number of nitrogens with two attached hydrogens (primary N) is 1. The van der Waals surface area contributed by atoms with E-state index in [1.165, 1.54) is 47.7 Å². The normalized spacial score (nSPS) is 16.9. The Morgan fingerprint density at radius 1 is 0.913 bits per heavy atom. The summed E-state index contributed by atoms with van der Waals surface area (Å²) in [5.41, 5.74) is 10.6. The highest BCUT2D eigenvalue weighted by molar-refractivity contribution is 5.85. The van der Waals surface area contributed by atoms with Crippen LogP contribution in [0.3, 0.4) is 0 Å². The minimum atomic E-state index is 0.182. The van der Waals surface area contributed by atoms with E-state index in [2.05, 4.69) is 65.4 Å². The molecule has 0 bridgehead atoms. The van der Waals surface area contributed by atoms with E-state index in [0.29, 0.717) is 0 Å². The highest BCUT2D eigenvalue weighted by Crippen LogP contribution is 2.43. The van der Waals surface area contributed by atoms with E-state index in [9.17, 15) is 0 Å². The maximum absolute atomic E-state index is 6.24. The molecule has 1 heterocycles. The first kappa shape index (κ1) is 14.5. The molecule has 0 radical (unpaired) electrons. The van der Waals surface area contributed by atoms with Crippen LogP contribution in [0, 0.1) is 0 Å². The van der Waals surface area contributed by atoms with Crippen LogP contribution in [0.1, 0.15) is 36.8 Å². The molecule has 0 aliphatic heterocycles. The summed E-state index contributed by atoms with van der Waals surface area (Å²) < 4.78 is 2.40. The van der Waals surface area contributed by atoms with Gasteiger partial charge in [0.25, 0.3) is 0 Å². The second kappa shape index (κ2) is 5.86. The summed E-state index contributed by atoms with van der Waals surface area (Å²) in [7, 11) is 0. The molecule has 0 unspecified atom stereocenters. The van der Waals surface area contributed by atoms with Gasteiger partial charge in [-0.2, -0.15) is 0 Å². The molecular formula is C21H24N2. The van der Waals surface area contributed by atoms with Gasteiger partial charge in [-0.05, 0) is 30.0 Å². The predicted molar refractivity (Wildman–Crippen MR) is 96.7 cm³/mol. The monoisotopic (exact) mass is 304 g/mol. The molecule has 3 aromatic rings. The van der Waals surface area contributed by atoms with Gasteiger partial charge in [-0.15, -0.1) is 0 Å². The van der Waals surface area contributed by atoms with Gasteiger partial charge in [0.05, 0.1) is 0 Å². The molecule has 0 amide bonds. The Morgan fingerprint density at radius 2 is 1.61 bits per heavy atom. The van der Waals surface area contributed by atoms with E-state index >= 15 is 0 Å². The summed E-state index contributed by atoms with van der Waals surface area (Å²) in [6.07, 6.45) is 7.42. The molecule has 1 aromatic heterocycles. The summed E-state index contributed by atoms with van der Waals surface area (Å²) >= 11 is 0. The zero-order valence-corrected chi connectivity index (χ0v) is 13.5. The Balaban J connectivity index is 1.83. The lowest BCUT2D eigenvalue weighted by atomic mass is 9.79. The smallest absolute Gasteiger partial charge is 0.0486 e. The lowest BCUT2D eigenvalue weighted by molar-refractivity contribution is 0.455. The molecule has 0 spiro atoms. The maximum Gasteiger partial charge on any atom is 0.0486 e. The summed E-state index contributed by atoms with van der Waals surface area (Å²) in [5, 5.41) is 1.38. The van der Waals surface area contributed by atoms with Gasteiger partial charge < -0.3 is 10.3 Å². The molecule has 2 aromatic carbocycles. The Kier molecular flexibility index (Phi) is 3.70. The van der Waals surface area contributed by atoms with Gasteiger partial charge in [0.15, 0.2) is 0 Å². The van der Waals surface area contributed by atoms with Crippen molar-refractivity contribution in [1.82, 2.24) is 4.57 Å². The zero-order valence-electron chi connectivity index (χ0n) is 13.5. The van der Waals surface area contributed by atoms with Crippen molar-refractivity contribution >= 4 is 10.9 Å². The predicted octanol–water partition coefficient (Wildman–Crippen LogP) is 4.46. The van der Waals surface area contributed by atoms with Crippen LogP contribution in [0.2, 0.25) is 0 Å². The van der Waals surface area contributed by atoms with Crippen LogP contribution in [0.25, 0.3) is 10.9 Å². The third-order valence-corrected chi connectivity index (χ3v) is 5.51. The van der Waals surface area contributed by atoms with Crippen molar-refractivity contribution in [2.45, 2.75) is 37.6 Å². The van der Waals surface area contributed by atoms with Crippen molar-refractivity contribution in [3.63, 3.8) is 0 Å². The van der Waals surface area contributed by atoms with Crippen LogP contribution in [0.4, 0.5) is 0 Å². The minimum Gasteiger partial charge on any atom is -0.343 e. The second-order valence-electron chi connectivity index (χ2n) is 6.86. The molecule has 1 fully saturated rings.